The number of hydrazine groups is 1. The fraction of sp³-hybridized carbons (Fsp3) is 0.688. The number of nitrogens with one attached hydrogen (secondary N) is 2. The molecule has 14 rings (SSSR count). The maximum Gasteiger partial charge on any atom is 0.406 e. The lowest BCUT2D eigenvalue weighted by atomic mass is 9.73. The number of rotatable bonds is 13. The number of carbonyl (C=O) groups is 4. The van der Waals surface area contributed by atoms with E-state index in [1.165, 1.54) is 41.5 Å². The molecule has 3 aliphatic carbocycles. The van der Waals surface area contributed by atoms with Gasteiger partial charge >= 0.3 is 12.1 Å². The summed E-state index contributed by atoms with van der Waals surface area (Å²) in [6.07, 6.45) is 5.48. The Kier molecular flexibility index (Phi) is 16.6. The molecule has 0 spiro atoms. The quantitative estimate of drug-likeness (QED) is 0.110. The van der Waals surface area contributed by atoms with Gasteiger partial charge in [-0.15, -0.1) is 0 Å². The Morgan fingerprint density at radius 3 is 2.29 bits per heavy atom. The number of morpholine rings is 1. The molecule has 20 nitrogen and oxygen atoms in total. The normalized spacial score (nSPS) is 29.4. The van der Waals surface area contributed by atoms with Crippen LogP contribution in [0.4, 0.5) is 18.9 Å². The minimum absolute atomic E-state index is 0.0479. The van der Waals surface area contributed by atoms with Crippen LogP contribution in [0.1, 0.15) is 115 Å². The Balaban J connectivity index is 0.891. The summed E-state index contributed by atoms with van der Waals surface area (Å²) in [7, 11) is 3.62. The van der Waals surface area contributed by atoms with Crippen molar-refractivity contribution < 1.29 is 51.0 Å². The average molecular weight is 1210 g/mol. The van der Waals surface area contributed by atoms with E-state index in [1.807, 2.05) is 57.8 Å². The van der Waals surface area contributed by atoms with E-state index in [0.29, 0.717) is 141 Å². The number of piperazine rings is 1. The number of aromatic nitrogens is 3. The number of likely N-dealkylation sites (N-methyl/N-ethyl adjacent to an activating group) is 1. The molecule has 8 bridgehead atoms. The zero-order valence-electron chi connectivity index (χ0n) is 51.5. The highest BCUT2D eigenvalue weighted by atomic mass is 19.4. The summed E-state index contributed by atoms with van der Waals surface area (Å²) in [5.41, 5.74) is 6.54. The first-order valence-corrected chi connectivity index (χ1v) is 32.1. The lowest BCUT2D eigenvalue weighted by Crippen LogP contribution is -2.72. The van der Waals surface area contributed by atoms with Gasteiger partial charge in [-0.25, -0.2) is 10.4 Å². The van der Waals surface area contributed by atoms with Crippen LogP contribution in [0.5, 0.6) is 0 Å². The summed E-state index contributed by atoms with van der Waals surface area (Å²) in [4.78, 5) is 83.3. The van der Waals surface area contributed by atoms with Crippen LogP contribution < -0.4 is 15.6 Å². The second-order valence-corrected chi connectivity index (χ2v) is 27.5. The molecule has 4 aromatic rings. The van der Waals surface area contributed by atoms with Gasteiger partial charge in [0, 0.05) is 118 Å². The Bertz CT molecular complexity index is 3210. The summed E-state index contributed by atoms with van der Waals surface area (Å²) in [5, 5.41) is 5.39. The standard InChI is InChI=1S/C64H87F3N12O8/c1-37(2)53(75-16-8-18-77(19-9-17-75)61(82)57-54(72(57)6)39-10-11-39)58(80)70-52-56(76-24-26-85-27-25-76)59-69-48(34-86-59)40-12-15-49-45(30-40)47(32-63(4,5)36-87-62(83)51-41-28-43(29-41)79(71-51)60(52)81)55(78(49)35-64(65,66)67)46-31-44(33-68-50(46)38(3)84-7)74-22-20-73(21-23-74)42-13-14-42/h12,15,30-31,33-34,37-39,41-43,51-54,56-57,71H,8-11,13-14,16-29,32,35-36H2,1-7H3,(H,70,80)/t38-,41?,43?,51-,52-,53-,54+,56-,57+,72?/m0/s1. The molecule has 2 N–H and O–H groups in total. The van der Waals surface area contributed by atoms with Gasteiger partial charge in [0.25, 0.3) is 5.91 Å². The molecule has 0 radical (unpaired) electrons. The molecule has 1 unspecified atom stereocenters. The van der Waals surface area contributed by atoms with Crippen LogP contribution in [0.3, 0.4) is 0 Å². The first-order chi connectivity index (χ1) is 41.7. The Morgan fingerprint density at radius 1 is 0.897 bits per heavy atom. The third kappa shape index (κ3) is 12.2. The number of amides is 3. The van der Waals surface area contributed by atoms with E-state index in [1.54, 1.807) is 19.2 Å². The molecular formula is C64H87F3N12O8. The minimum Gasteiger partial charge on any atom is -0.464 e. The minimum atomic E-state index is -4.64. The van der Waals surface area contributed by atoms with Crippen LogP contribution in [-0.4, -0.2) is 216 Å². The number of hydrogen-bond donors (Lipinski definition) is 2. The molecular weight excluding hydrogens is 1120 g/mol. The fourth-order valence-electron chi connectivity index (χ4n) is 15.3. The predicted molar refractivity (Wildman–Crippen MR) is 319 cm³/mol. The number of halogens is 3. The van der Waals surface area contributed by atoms with E-state index in [-0.39, 0.29) is 54.7 Å². The van der Waals surface area contributed by atoms with Crippen molar-refractivity contribution >= 4 is 40.3 Å². The number of fused-ring (bicyclic) bond motifs is 4. The number of ether oxygens (including phenoxy) is 3. The molecule has 6 saturated heterocycles. The Hall–Kier alpha value is -5.69. The van der Waals surface area contributed by atoms with Crippen molar-refractivity contribution in [2.24, 2.45) is 23.2 Å². The molecule has 7 aliphatic heterocycles. The number of alkyl halides is 3. The number of carbonyl (C=O) groups excluding carboxylic acids is 4. The first-order valence-electron chi connectivity index (χ1n) is 32.1. The van der Waals surface area contributed by atoms with Crippen molar-refractivity contribution in [3.05, 3.63) is 53.9 Å². The van der Waals surface area contributed by atoms with Crippen LogP contribution in [0.2, 0.25) is 0 Å². The van der Waals surface area contributed by atoms with E-state index in [9.17, 15) is 9.59 Å². The van der Waals surface area contributed by atoms with Gasteiger partial charge < -0.3 is 38.3 Å². The van der Waals surface area contributed by atoms with Gasteiger partial charge in [0.2, 0.25) is 17.7 Å². The lowest BCUT2D eigenvalue weighted by molar-refractivity contribution is -0.172. The Morgan fingerprint density at radius 2 is 1.62 bits per heavy atom. The zero-order valence-corrected chi connectivity index (χ0v) is 51.5. The average Bonchev–Trinajstić information content (AvgIpc) is 1.88. The van der Waals surface area contributed by atoms with Gasteiger partial charge in [-0.2, -0.15) is 13.2 Å². The van der Waals surface area contributed by atoms with Crippen molar-refractivity contribution in [1.29, 1.82) is 0 Å². The molecule has 1 aromatic carbocycles. The lowest BCUT2D eigenvalue weighted by Gasteiger charge is -2.53. The van der Waals surface area contributed by atoms with Gasteiger partial charge in [0.15, 0.2) is 0 Å². The molecule has 9 fully saturated rings. The number of anilines is 1. The van der Waals surface area contributed by atoms with E-state index in [2.05, 4.69) is 42.3 Å². The molecule has 8 atom stereocenters. The van der Waals surface area contributed by atoms with E-state index >= 15 is 22.8 Å². The number of esters is 1. The van der Waals surface area contributed by atoms with Gasteiger partial charge in [-0.3, -0.25) is 48.8 Å². The number of benzene rings is 1. The highest BCUT2D eigenvalue weighted by Crippen LogP contribution is 2.48. The molecule has 472 valence electrons. The third-order valence-electron chi connectivity index (χ3n) is 20.4. The molecule has 10 heterocycles. The van der Waals surface area contributed by atoms with Crippen molar-refractivity contribution in [3.63, 3.8) is 0 Å². The number of cyclic esters (lactones) is 1. The smallest absolute Gasteiger partial charge is 0.406 e. The monoisotopic (exact) mass is 1210 g/mol. The maximum atomic E-state index is 15.9. The molecule has 87 heavy (non-hydrogen) atoms. The second kappa shape index (κ2) is 23.9. The van der Waals surface area contributed by atoms with Crippen molar-refractivity contribution in [3.8, 4) is 22.5 Å². The Labute approximate surface area is 507 Å². The van der Waals surface area contributed by atoms with Crippen LogP contribution in [0.15, 0.2) is 41.1 Å². The van der Waals surface area contributed by atoms with Crippen LogP contribution >= 0.6 is 0 Å². The van der Waals surface area contributed by atoms with Gasteiger partial charge in [0.05, 0.1) is 55.2 Å². The first kappa shape index (κ1) is 60.2. The molecule has 3 aromatic heterocycles. The van der Waals surface area contributed by atoms with Crippen molar-refractivity contribution in [2.45, 2.75) is 160 Å². The largest absolute Gasteiger partial charge is 0.464 e. The summed E-state index contributed by atoms with van der Waals surface area (Å²) < 4.78 is 72.1. The number of hydrogen-bond acceptors (Lipinski definition) is 16. The number of oxazole rings is 1. The fourth-order valence-corrected chi connectivity index (χ4v) is 15.3. The summed E-state index contributed by atoms with van der Waals surface area (Å²) in [5.74, 6) is -0.668. The molecule has 10 aliphatic rings. The van der Waals surface area contributed by atoms with E-state index in [4.69, 9.17) is 28.6 Å². The number of methoxy groups -OCH3 is 1. The molecule has 23 heteroatoms. The highest BCUT2D eigenvalue weighted by molar-refractivity contribution is 5.96. The predicted octanol–water partition coefficient (Wildman–Crippen LogP) is 6.43. The number of pyridine rings is 1. The van der Waals surface area contributed by atoms with Crippen LogP contribution in [0.25, 0.3) is 33.4 Å². The van der Waals surface area contributed by atoms with Gasteiger partial charge in [0.1, 0.15) is 42.7 Å². The summed E-state index contributed by atoms with van der Waals surface area (Å²) in [6.45, 7) is 15.4. The van der Waals surface area contributed by atoms with Gasteiger partial charge in [-0.05, 0) is 113 Å². The van der Waals surface area contributed by atoms with Crippen LogP contribution in [-0.2, 0) is 46.4 Å². The van der Waals surface area contributed by atoms with E-state index < -0.39 is 60.3 Å². The van der Waals surface area contributed by atoms with Crippen LogP contribution in [0, 0.1) is 23.2 Å². The SMILES string of the molecule is CO[C@@H](C)c1ncc(N2CCN(C3CC3)CC2)cc1-c1c2c3cc(ccc3n1CC(F)(F)F)-c1coc(n1)[C@@H](N1CCOCC1)[C@H](NC(=O)[C@H](C(C)C)N1CCCN(C(=O)[C@H]3[C@@H](C4CC4)N3C)CCC1)C(=O)N1N[C@H](C(=O)OCC(C)(C)C2)C2CC1C2. The molecule has 3 saturated carbocycles. The molecule has 3 amide bonds. The van der Waals surface area contributed by atoms with Crippen molar-refractivity contribution in [2.75, 3.05) is 104 Å². The second-order valence-electron chi connectivity index (χ2n) is 27.5. The topological polar surface area (TPSA) is 186 Å². The van der Waals surface area contributed by atoms with Gasteiger partial charge in [-0.1, -0.05) is 33.8 Å². The third-order valence-corrected chi connectivity index (χ3v) is 20.4. The number of nitrogens with zero attached hydrogens (tertiary/aromatic N) is 10. The zero-order chi connectivity index (χ0) is 60.8. The van der Waals surface area contributed by atoms with Crippen molar-refractivity contribution in [1.82, 2.24) is 54.8 Å². The summed E-state index contributed by atoms with van der Waals surface area (Å²) >= 11 is 0. The highest BCUT2D eigenvalue weighted by Gasteiger charge is 2.58. The maximum absolute atomic E-state index is 15.9. The summed E-state index contributed by atoms with van der Waals surface area (Å²) in [6, 6.07) is 4.13. The van der Waals surface area contributed by atoms with E-state index in [0.717, 1.165) is 31.9 Å².